The summed E-state index contributed by atoms with van der Waals surface area (Å²) in [6.07, 6.45) is 0.608. The van der Waals surface area contributed by atoms with Crippen molar-refractivity contribution < 1.29 is 19.0 Å². The van der Waals surface area contributed by atoms with Gasteiger partial charge in [0.15, 0.2) is 0 Å². The molecule has 0 heterocycles. The third-order valence-electron chi connectivity index (χ3n) is 2.62. The number of rotatable bonds is 4. The number of aliphatic carboxylic acids is 1. The fourth-order valence-corrected chi connectivity index (χ4v) is 1.71. The van der Waals surface area contributed by atoms with Gasteiger partial charge in [-0.3, -0.25) is 4.79 Å². The first-order valence-electron chi connectivity index (χ1n) is 5.10. The zero-order chi connectivity index (χ0) is 12.3. The van der Waals surface area contributed by atoms with E-state index in [1.807, 2.05) is 6.92 Å². The Hall–Kier alpha value is -1.58. The molecule has 1 unspecified atom stereocenters. The summed E-state index contributed by atoms with van der Waals surface area (Å²) in [6.45, 7) is 3.42. The molecule has 0 spiro atoms. The van der Waals surface area contributed by atoms with Crippen LogP contribution in [0.3, 0.4) is 0 Å². The molecule has 1 aromatic rings. The van der Waals surface area contributed by atoms with Gasteiger partial charge >= 0.3 is 5.97 Å². The van der Waals surface area contributed by atoms with Crippen molar-refractivity contribution in [2.75, 3.05) is 7.11 Å². The van der Waals surface area contributed by atoms with E-state index >= 15 is 0 Å². The van der Waals surface area contributed by atoms with E-state index in [2.05, 4.69) is 0 Å². The second-order valence-electron chi connectivity index (χ2n) is 3.59. The lowest BCUT2D eigenvalue weighted by molar-refractivity contribution is -0.138. The number of ether oxygens (including phenoxy) is 1. The van der Waals surface area contributed by atoms with Crippen molar-refractivity contribution in [1.82, 2.24) is 0 Å². The first kappa shape index (κ1) is 12.5. The molecule has 1 rings (SSSR count). The highest BCUT2D eigenvalue weighted by Crippen LogP contribution is 2.30. The first-order valence-corrected chi connectivity index (χ1v) is 5.10. The Labute approximate surface area is 93.9 Å². The number of carboxylic acid groups (broad SMARTS) is 1. The Morgan fingerprint density at radius 1 is 1.56 bits per heavy atom. The van der Waals surface area contributed by atoms with Crippen LogP contribution in [0.2, 0.25) is 0 Å². The maximum Gasteiger partial charge on any atom is 0.310 e. The fraction of sp³-hybridized carbons (Fsp3) is 0.417. The predicted molar refractivity (Wildman–Crippen MR) is 58.4 cm³/mol. The summed E-state index contributed by atoms with van der Waals surface area (Å²) in [7, 11) is 1.45. The minimum atomic E-state index is -0.970. The molecule has 0 aliphatic carbocycles. The zero-order valence-electron chi connectivity index (χ0n) is 9.58. The van der Waals surface area contributed by atoms with Crippen molar-refractivity contribution in [1.29, 1.82) is 0 Å². The Morgan fingerprint density at radius 3 is 2.62 bits per heavy atom. The van der Waals surface area contributed by atoms with Crippen molar-refractivity contribution in [2.24, 2.45) is 0 Å². The van der Waals surface area contributed by atoms with Crippen LogP contribution >= 0.6 is 0 Å². The van der Waals surface area contributed by atoms with Gasteiger partial charge in [-0.1, -0.05) is 6.92 Å². The van der Waals surface area contributed by atoms with Crippen LogP contribution in [0.1, 0.15) is 30.9 Å². The van der Waals surface area contributed by atoms with Gasteiger partial charge in [-0.15, -0.1) is 0 Å². The zero-order valence-corrected chi connectivity index (χ0v) is 9.58. The summed E-state index contributed by atoms with van der Waals surface area (Å²) in [4.78, 5) is 10.9. The molecule has 0 amide bonds. The van der Waals surface area contributed by atoms with Crippen LogP contribution in [-0.2, 0) is 11.2 Å². The molecule has 0 saturated carbocycles. The minimum absolute atomic E-state index is 0.408. The van der Waals surface area contributed by atoms with Crippen molar-refractivity contribution in [2.45, 2.75) is 26.2 Å². The number of carbonyl (C=O) groups is 1. The van der Waals surface area contributed by atoms with E-state index in [1.54, 1.807) is 0 Å². The highest BCUT2D eigenvalue weighted by molar-refractivity contribution is 5.76. The van der Waals surface area contributed by atoms with Crippen molar-refractivity contribution in [3.63, 3.8) is 0 Å². The molecule has 4 heteroatoms. The van der Waals surface area contributed by atoms with Crippen LogP contribution in [0.5, 0.6) is 5.75 Å². The molecule has 0 aliphatic rings. The third kappa shape index (κ3) is 2.32. The molecule has 0 aliphatic heterocycles. The van der Waals surface area contributed by atoms with E-state index in [1.165, 1.54) is 26.2 Å². The van der Waals surface area contributed by atoms with Gasteiger partial charge in [-0.2, -0.15) is 0 Å². The standard InChI is InChI=1S/C12H15FO3/c1-4-9-10(7(2)12(14)15)5-8(13)6-11(9)16-3/h5-7H,4H2,1-3H3,(H,14,15). The number of hydrogen-bond acceptors (Lipinski definition) is 2. The van der Waals surface area contributed by atoms with E-state index in [0.29, 0.717) is 17.7 Å². The topological polar surface area (TPSA) is 46.5 Å². The van der Waals surface area contributed by atoms with Crippen molar-refractivity contribution in [3.05, 3.63) is 29.1 Å². The molecule has 0 saturated heterocycles. The summed E-state index contributed by atoms with van der Waals surface area (Å²) < 4.78 is 18.3. The van der Waals surface area contributed by atoms with E-state index in [9.17, 15) is 9.18 Å². The highest BCUT2D eigenvalue weighted by atomic mass is 19.1. The fourth-order valence-electron chi connectivity index (χ4n) is 1.71. The van der Waals surface area contributed by atoms with E-state index in [4.69, 9.17) is 9.84 Å². The smallest absolute Gasteiger partial charge is 0.310 e. The monoisotopic (exact) mass is 226 g/mol. The van der Waals surface area contributed by atoms with Crippen LogP contribution in [0, 0.1) is 5.82 Å². The lowest BCUT2D eigenvalue weighted by Gasteiger charge is -2.15. The van der Waals surface area contributed by atoms with Crippen molar-refractivity contribution >= 4 is 5.97 Å². The number of methoxy groups -OCH3 is 1. The normalized spacial score (nSPS) is 12.2. The highest BCUT2D eigenvalue weighted by Gasteiger charge is 2.20. The Balaban J connectivity index is 3.35. The van der Waals surface area contributed by atoms with Gasteiger partial charge < -0.3 is 9.84 Å². The molecule has 88 valence electrons. The Kier molecular flexibility index (Phi) is 3.88. The van der Waals surface area contributed by atoms with Crippen LogP contribution in [0.15, 0.2) is 12.1 Å². The SMILES string of the molecule is CCc1c(OC)cc(F)cc1C(C)C(=O)O. The third-order valence-corrected chi connectivity index (χ3v) is 2.62. The summed E-state index contributed by atoms with van der Waals surface area (Å²) in [6, 6.07) is 2.54. The molecule has 16 heavy (non-hydrogen) atoms. The largest absolute Gasteiger partial charge is 0.496 e. The molecule has 0 fully saturated rings. The molecule has 0 radical (unpaired) electrons. The summed E-state index contributed by atoms with van der Waals surface area (Å²) in [5.41, 5.74) is 1.23. The lowest BCUT2D eigenvalue weighted by atomic mass is 9.93. The van der Waals surface area contributed by atoms with Gasteiger partial charge in [0.2, 0.25) is 0 Å². The molecule has 1 N–H and O–H groups in total. The summed E-state index contributed by atoms with van der Waals surface area (Å²) in [5.74, 6) is -1.77. The molecular formula is C12H15FO3. The number of halogens is 1. The van der Waals surface area contributed by atoms with Gasteiger partial charge in [0, 0.05) is 6.07 Å². The van der Waals surface area contributed by atoms with Crippen LogP contribution in [0.25, 0.3) is 0 Å². The van der Waals surface area contributed by atoms with Gasteiger partial charge in [-0.25, -0.2) is 4.39 Å². The second-order valence-corrected chi connectivity index (χ2v) is 3.59. The average Bonchev–Trinajstić information content (AvgIpc) is 2.26. The first-order chi connectivity index (χ1) is 7.51. The lowest BCUT2D eigenvalue weighted by Crippen LogP contribution is -2.11. The minimum Gasteiger partial charge on any atom is -0.496 e. The Bertz CT molecular complexity index is 401. The number of benzene rings is 1. The maximum absolute atomic E-state index is 13.3. The number of carboxylic acids is 1. The van der Waals surface area contributed by atoms with Crippen LogP contribution in [-0.4, -0.2) is 18.2 Å². The van der Waals surface area contributed by atoms with Gasteiger partial charge in [-0.05, 0) is 30.5 Å². The molecular weight excluding hydrogens is 211 g/mol. The maximum atomic E-state index is 13.3. The van der Waals surface area contributed by atoms with E-state index < -0.39 is 17.7 Å². The second kappa shape index (κ2) is 4.96. The van der Waals surface area contributed by atoms with E-state index in [-0.39, 0.29) is 0 Å². The predicted octanol–water partition coefficient (Wildman–Crippen LogP) is 2.58. The molecule has 3 nitrogen and oxygen atoms in total. The van der Waals surface area contributed by atoms with Gasteiger partial charge in [0.1, 0.15) is 11.6 Å². The molecule has 0 bridgehead atoms. The quantitative estimate of drug-likeness (QED) is 0.858. The molecule has 1 atom stereocenters. The Morgan fingerprint density at radius 2 is 2.19 bits per heavy atom. The van der Waals surface area contributed by atoms with Crippen LogP contribution in [0.4, 0.5) is 4.39 Å². The van der Waals surface area contributed by atoms with Crippen molar-refractivity contribution in [3.8, 4) is 5.75 Å². The molecule has 1 aromatic carbocycles. The van der Waals surface area contributed by atoms with Gasteiger partial charge in [0.05, 0.1) is 13.0 Å². The summed E-state index contributed by atoms with van der Waals surface area (Å²) in [5, 5.41) is 8.95. The average molecular weight is 226 g/mol. The number of hydrogen-bond donors (Lipinski definition) is 1. The van der Waals surface area contributed by atoms with Gasteiger partial charge in [0.25, 0.3) is 0 Å². The van der Waals surface area contributed by atoms with E-state index in [0.717, 1.165) is 5.56 Å². The van der Waals surface area contributed by atoms with Crippen LogP contribution < -0.4 is 4.74 Å². The molecule has 0 aromatic heterocycles. The summed E-state index contributed by atoms with van der Waals surface area (Å²) >= 11 is 0.